The minimum absolute atomic E-state index is 0.226. The van der Waals surface area contributed by atoms with E-state index >= 15 is 0 Å². The Morgan fingerprint density at radius 1 is 1.35 bits per heavy atom. The topological polar surface area (TPSA) is 74.8 Å². The SMILES string of the molecule is O=S(=O)(NCc1c[nH]c2ncccc12)c1ccc(Br)s1. The van der Waals surface area contributed by atoms with Gasteiger partial charge in [0.25, 0.3) is 0 Å². The molecule has 3 aromatic rings. The highest BCUT2D eigenvalue weighted by atomic mass is 79.9. The summed E-state index contributed by atoms with van der Waals surface area (Å²) >= 11 is 4.44. The Balaban J connectivity index is 1.83. The summed E-state index contributed by atoms with van der Waals surface area (Å²) in [6.45, 7) is 0.226. The predicted octanol–water partition coefficient (Wildman–Crippen LogP) is 2.87. The van der Waals surface area contributed by atoms with Crippen LogP contribution in [0.25, 0.3) is 11.0 Å². The van der Waals surface area contributed by atoms with Crippen LogP contribution in [0.4, 0.5) is 0 Å². The molecule has 3 rings (SSSR count). The predicted molar refractivity (Wildman–Crippen MR) is 82.1 cm³/mol. The van der Waals surface area contributed by atoms with Gasteiger partial charge in [0.2, 0.25) is 10.0 Å². The fourth-order valence-electron chi connectivity index (χ4n) is 1.84. The molecule has 0 atom stereocenters. The van der Waals surface area contributed by atoms with Crippen LogP contribution in [0.2, 0.25) is 0 Å². The van der Waals surface area contributed by atoms with Crippen LogP contribution in [0.15, 0.2) is 44.7 Å². The lowest BCUT2D eigenvalue weighted by Crippen LogP contribution is -2.22. The Hall–Kier alpha value is -1.22. The molecule has 0 unspecified atom stereocenters. The van der Waals surface area contributed by atoms with Gasteiger partial charge in [0.05, 0.1) is 3.79 Å². The van der Waals surface area contributed by atoms with Gasteiger partial charge >= 0.3 is 0 Å². The molecule has 0 bridgehead atoms. The standard InChI is InChI=1S/C12H10BrN3O2S2/c13-10-3-4-11(19-10)20(17,18)16-7-8-6-15-12-9(8)2-1-5-14-12/h1-6,16H,7H2,(H,14,15). The van der Waals surface area contributed by atoms with Gasteiger partial charge in [-0.2, -0.15) is 0 Å². The number of fused-ring (bicyclic) bond motifs is 1. The molecule has 0 aliphatic carbocycles. The second-order valence-electron chi connectivity index (χ2n) is 4.10. The van der Waals surface area contributed by atoms with Gasteiger partial charge in [-0.05, 0) is 45.8 Å². The van der Waals surface area contributed by atoms with E-state index in [4.69, 9.17) is 0 Å². The first-order valence-electron chi connectivity index (χ1n) is 5.72. The molecule has 5 nitrogen and oxygen atoms in total. The van der Waals surface area contributed by atoms with Crippen LogP contribution in [0.3, 0.4) is 0 Å². The first-order chi connectivity index (χ1) is 9.56. The Labute approximate surface area is 128 Å². The van der Waals surface area contributed by atoms with Gasteiger partial charge in [-0.1, -0.05) is 0 Å². The van der Waals surface area contributed by atoms with Gasteiger partial charge in [-0.3, -0.25) is 0 Å². The minimum atomic E-state index is -3.48. The smallest absolute Gasteiger partial charge is 0.250 e. The molecule has 3 heterocycles. The summed E-state index contributed by atoms with van der Waals surface area (Å²) < 4.78 is 27.9. The van der Waals surface area contributed by atoms with Gasteiger partial charge in [0, 0.05) is 24.3 Å². The summed E-state index contributed by atoms with van der Waals surface area (Å²) in [5, 5.41) is 0.919. The molecule has 0 amide bonds. The Bertz CT molecular complexity index is 854. The van der Waals surface area contributed by atoms with Gasteiger partial charge in [-0.15, -0.1) is 11.3 Å². The summed E-state index contributed by atoms with van der Waals surface area (Å²) in [7, 11) is -3.48. The van der Waals surface area contributed by atoms with Crippen LogP contribution >= 0.6 is 27.3 Å². The van der Waals surface area contributed by atoms with E-state index < -0.39 is 10.0 Å². The van der Waals surface area contributed by atoms with Gasteiger partial charge < -0.3 is 4.98 Å². The molecule has 0 fully saturated rings. The van der Waals surface area contributed by atoms with E-state index in [0.29, 0.717) is 4.21 Å². The van der Waals surface area contributed by atoms with Crippen molar-refractivity contribution < 1.29 is 8.42 Å². The van der Waals surface area contributed by atoms with Crippen LogP contribution in [-0.4, -0.2) is 18.4 Å². The monoisotopic (exact) mass is 371 g/mol. The lowest BCUT2D eigenvalue weighted by molar-refractivity contribution is 0.583. The number of sulfonamides is 1. The van der Waals surface area contributed by atoms with Crippen molar-refractivity contribution in [2.75, 3.05) is 0 Å². The molecule has 3 aromatic heterocycles. The maximum absolute atomic E-state index is 12.1. The van der Waals surface area contributed by atoms with E-state index in [0.717, 1.165) is 20.4 Å². The number of nitrogens with zero attached hydrogens (tertiary/aromatic N) is 1. The normalized spacial score (nSPS) is 12.1. The molecule has 0 spiro atoms. The maximum atomic E-state index is 12.1. The number of aromatic amines is 1. The van der Waals surface area contributed by atoms with Gasteiger partial charge in [-0.25, -0.2) is 18.1 Å². The largest absolute Gasteiger partial charge is 0.346 e. The van der Waals surface area contributed by atoms with Crippen molar-refractivity contribution in [2.45, 2.75) is 10.8 Å². The number of hydrogen-bond donors (Lipinski definition) is 2. The first-order valence-corrected chi connectivity index (χ1v) is 8.81. The second-order valence-corrected chi connectivity index (χ2v) is 8.55. The van der Waals surface area contributed by atoms with Crippen molar-refractivity contribution in [1.29, 1.82) is 0 Å². The number of thiophene rings is 1. The molecular formula is C12H10BrN3O2S2. The van der Waals surface area contributed by atoms with Crippen molar-refractivity contribution in [3.8, 4) is 0 Å². The van der Waals surface area contributed by atoms with Gasteiger partial charge in [0.1, 0.15) is 9.86 Å². The molecule has 20 heavy (non-hydrogen) atoms. The van der Waals surface area contributed by atoms with Crippen molar-refractivity contribution in [3.05, 3.63) is 46.0 Å². The van der Waals surface area contributed by atoms with Crippen LogP contribution < -0.4 is 4.72 Å². The Morgan fingerprint density at radius 3 is 2.95 bits per heavy atom. The zero-order valence-electron chi connectivity index (χ0n) is 10.1. The van der Waals surface area contributed by atoms with Crippen molar-refractivity contribution in [3.63, 3.8) is 0 Å². The summed E-state index contributed by atoms with van der Waals surface area (Å²) in [4.78, 5) is 7.19. The van der Waals surface area contributed by atoms with E-state index in [9.17, 15) is 8.42 Å². The number of rotatable bonds is 4. The van der Waals surface area contributed by atoms with E-state index in [1.807, 2.05) is 12.1 Å². The molecule has 8 heteroatoms. The third-order valence-corrected chi connectivity index (χ3v) is 6.32. The van der Waals surface area contributed by atoms with Gasteiger partial charge in [0.15, 0.2) is 0 Å². The molecule has 104 valence electrons. The zero-order valence-corrected chi connectivity index (χ0v) is 13.3. The van der Waals surface area contributed by atoms with Crippen LogP contribution in [0.1, 0.15) is 5.56 Å². The van der Waals surface area contributed by atoms with Crippen molar-refractivity contribution >= 4 is 48.3 Å². The number of aromatic nitrogens is 2. The maximum Gasteiger partial charge on any atom is 0.250 e. The highest BCUT2D eigenvalue weighted by Crippen LogP contribution is 2.26. The highest BCUT2D eigenvalue weighted by molar-refractivity contribution is 9.11. The molecule has 0 radical (unpaired) electrons. The second kappa shape index (κ2) is 5.28. The number of halogens is 1. The summed E-state index contributed by atoms with van der Waals surface area (Å²) in [6.07, 6.45) is 3.46. The summed E-state index contributed by atoms with van der Waals surface area (Å²) in [5.41, 5.74) is 1.62. The number of H-pyrrole nitrogens is 1. The summed E-state index contributed by atoms with van der Waals surface area (Å²) in [6, 6.07) is 7.03. The molecule has 0 saturated carbocycles. The minimum Gasteiger partial charge on any atom is -0.346 e. The highest BCUT2D eigenvalue weighted by Gasteiger charge is 2.16. The molecule has 0 aromatic carbocycles. The lowest BCUT2D eigenvalue weighted by atomic mass is 10.2. The quantitative estimate of drug-likeness (QED) is 0.740. The number of hydrogen-bond acceptors (Lipinski definition) is 4. The number of nitrogens with one attached hydrogen (secondary N) is 2. The van der Waals surface area contributed by atoms with Crippen LogP contribution in [0, 0.1) is 0 Å². The Kier molecular flexibility index (Phi) is 3.63. The first kappa shape index (κ1) is 13.7. The van der Waals surface area contributed by atoms with E-state index in [-0.39, 0.29) is 6.54 Å². The molecule has 0 saturated heterocycles. The average molecular weight is 372 g/mol. The molecule has 2 N–H and O–H groups in total. The van der Waals surface area contributed by atoms with E-state index in [1.165, 1.54) is 11.3 Å². The Morgan fingerprint density at radius 2 is 2.20 bits per heavy atom. The zero-order chi connectivity index (χ0) is 14.2. The van der Waals surface area contributed by atoms with Crippen molar-refractivity contribution in [2.24, 2.45) is 0 Å². The van der Waals surface area contributed by atoms with Crippen LogP contribution in [0.5, 0.6) is 0 Å². The fraction of sp³-hybridized carbons (Fsp3) is 0.0833. The van der Waals surface area contributed by atoms with Crippen molar-refractivity contribution in [1.82, 2.24) is 14.7 Å². The third kappa shape index (κ3) is 2.64. The molecular weight excluding hydrogens is 362 g/mol. The summed E-state index contributed by atoms with van der Waals surface area (Å²) in [5.74, 6) is 0. The number of pyridine rings is 1. The van der Waals surface area contributed by atoms with E-state index in [2.05, 4.69) is 30.6 Å². The average Bonchev–Trinajstić information content (AvgIpc) is 3.03. The van der Waals surface area contributed by atoms with Crippen LogP contribution in [-0.2, 0) is 16.6 Å². The third-order valence-electron chi connectivity index (χ3n) is 2.80. The van der Waals surface area contributed by atoms with E-state index in [1.54, 1.807) is 24.5 Å². The fourth-order valence-corrected chi connectivity index (χ4v) is 4.91. The molecule has 0 aliphatic heterocycles. The molecule has 0 aliphatic rings. The lowest BCUT2D eigenvalue weighted by Gasteiger charge is -2.03.